The highest BCUT2D eigenvalue weighted by Crippen LogP contribution is 2.29. The van der Waals surface area contributed by atoms with Crippen molar-refractivity contribution >= 4 is 28.5 Å². The van der Waals surface area contributed by atoms with Gasteiger partial charge in [-0.25, -0.2) is 0 Å². The maximum Gasteiger partial charge on any atom is 0.261 e. The predicted molar refractivity (Wildman–Crippen MR) is 101 cm³/mol. The number of nitrogens with zero attached hydrogens (tertiary/aromatic N) is 2. The number of rotatable bonds is 5. The number of carbonyl (C=O) groups excluding carboxylic acids is 3. The van der Waals surface area contributed by atoms with Crippen molar-refractivity contribution < 1.29 is 14.4 Å². The Morgan fingerprint density at radius 3 is 2.19 bits per heavy atom. The van der Waals surface area contributed by atoms with Crippen molar-refractivity contribution in [1.82, 2.24) is 15.2 Å². The Labute approximate surface area is 155 Å². The molecule has 1 aliphatic heterocycles. The third-order valence-corrected chi connectivity index (χ3v) is 4.64. The first kappa shape index (κ1) is 16.9. The lowest BCUT2D eigenvalue weighted by atomic mass is 9.94. The zero-order chi connectivity index (χ0) is 18.8. The van der Waals surface area contributed by atoms with E-state index in [1.807, 2.05) is 24.3 Å². The molecule has 0 saturated carbocycles. The number of aromatic nitrogens is 1. The van der Waals surface area contributed by atoms with Gasteiger partial charge >= 0.3 is 0 Å². The van der Waals surface area contributed by atoms with Crippen LogP contribution < -0.4 is 5.32 Å². The van der Waals surface area contributed by atoms with E-state index in [0.717, 1.165) is 10.8 Å². The number of nitrogens with one attached hydrogen (secondary N) is 1. The second-order valence-corrected chi connectivity index (χ2v) is 6.32. The molecule has 3 amide bonds. The summed E-state index contributed by atoms with van der Waals surface area (Å²) in [6.07, 6.45) is 3.59. The van der Waals surface area contributed by atoms with Crippen LogP contribution in [0.1, 0.15) is 37.5 Å². The number of hydrogen-bond donors (Lipinski definition) is 1. The SMILES string of the molecule is O=C(NCCCN1C(=O)c2cccc3cccc(c23)C1=O)c1ccncc1. The molecule has 134 valence electrons. The molecule has 0 aliphatic carbocycles. The Balaban J connectivity index is 1.44. The number of carbonyl (C=O) groups is 3. The van der Waals surface area contributed by atoms with Crippen LogP contribution in [0.5, 0.6) is 0 Å². The molecule has 6 nitrogen and oxygen atoms in total. The molecule has 0 unspecified atom stereocenters. The average Bonchev–Trinajstić information content (AvgIpc) is 2.71. The predicted octanol–water partition coefficient (Wildman–Crippen LogP) is 2.65. The summed E-state index contributed by atoms with van der Waals surface area (Å²) in [4.78, 5) is 42.7. The van der Waals surface area contributed by atoms with E-state index in [1.165, 1.54) is 4.90 Å². The molecule has 0 radical (unpaired) electrons. The summed E-state index contributed by atoms with van der Waals surface area (Å²) in [5, 5.41) is 4.40. The van der Waals surface area contributed by atoms with E-state index in [2.05, 4.69) is 10.3 Å². The summed E-state index contributed by atoms with van der Waals surface area (Å²) in [5.41, 5.74) is 1.61. The largest absolute Gasteiger partial charge is 0.352 e. The van der Waals surface area contributed by atoms with Crippen molar-refractivity contribution in [2.75, 3.05) is 13.1 Å². The first-order chi connectivity index (χ1) is 13.2. The molecule has 6 heteroatoms. The van der Waals surface area contributed by atoms with Crippen LogP contribution in [0.4, 0.5) is 0 Å². The molecule has 2 heterocycles. The maximum atomic E-state index is 12.8. The minimum atomic E-state index is -0.287. The summed E-state index contributed by atoms with van der Waals surface area (Å²) in [6, 6.07) is 14.2. The third-order valence-electron chi connectivity index (χ3n) is 4.64. The fourth-order valence-electron chi connectivity index (χ4n) is 3.33. The Morgan fingerprint density at radius 2 is 1.56 bits per heavy atom. The molecule has 1 N–H and O–H groups in total. The van der Waals surface area contributed by atoms with E-state index >= 15 is 0 Å². The molecule has 1 aromatic heterocycles. The van der Waals surface area contributed by atoms with Gasteiger partial charge in [0.05, 0.1) is 0 Å². The quantitative estimate of drug-likeness (QED) is 0.561. The van der Waals surface area contributed by atoms with Crippen molar-refractivity contribution in [3.8, 4) is 0 Å². The van der Waals surface area contributed by atoms with Gasteiger partial charge in [0.25, 0.3) is 17.7 Å². The van der Waals surface area contributed by atoms with Crippen molar-refractivity contribution in [2.24, 2.45) is 0 Å². The molecular formula is C21H17N3O3. The van der Waals surface area contributed by atoms with Gasteiger partial charge in [0.2, 0.25) is 0 Å². The minimum Gasteiger partial charge on any atom is -0.352 e. The van der Waals surface area contributed by atoms with E-state index in [9.17, 15) is 14.4 Å². The van der Waals surface area contributed by atoms with Gasteiger partial charge in [-0.05, 0) is 36.1 Å². The molecular weight excluding hydrogens is 342 g/mol. The van der Waals surface area contributed by atoms with Crippen LogP contribution in [-0.4, -0.2) is 40.7 Å². The van der Waals surface area contributed by atoms with Crippen LogP contribution in [-0.2, 0) is 0 Å². The second-order valence-electron chi connectivity index (χ2n) is 6.32. The fraction of sp³-hybridized carbons (Fsp3) is 0.143. The van der Waals surface area contributed by atoms with E-state index in [-0.39, 0.29) is 24.3 Å². The Morgan fingerprint density at radius 1 is 0.926 bits per heavy atom. The number of hydrogen-bond acceptors (Lipinski definition) is 4. The zero-order valence-electron chi connectivity index (χ0n) is 14.5. The van der Waals surface area contributed by atoms with E-state index in [4.69, 9.17) is 0 Å². The number of pyridine rings is 1. The monoisotopic (exact) mass is 359 g/mol. The second kappa shape index (κ2) is 6.99. The standard InChI is InChI=1S/C21H17N3O3/c25-19(15-8-11-22-12-9-15)23-10-3-13-24-20(26)16-6-1-4-14-5-2-7-17(18(14)16)21(24)27/h1-2,4-9,11-12H,3,10,13H2,(H,23,25). The smallest absolute Gasteiger partial charge is 0.261 e. The molecule has 0 saturated heterocycles. The molecule has 3 aromatic rings. The van der Waals surface area contributed by atoms with Crippen molar-refractivity contribution in [1.29, 1.82) is 0 Å². The zero-order valence-corrected chi connectivity index (χ0v) is 14.5. The summed E-state index contributed by atoms with van der Waals surface area (Å²) in [7, 11) is 0. The van der Waals surface area contributed by atoms with Crippen LogP contribution in [0.15, 0.2) is 60.9 Å². The van der Waals surface area contributed by atoms with Crippen LogP contribution >= 0.6 is 0 Å². The van der Waals surface area contributed by atoms with Gasteiger partial charge < -0.3 is 5.32 Å². The number of benzene rings is 2. The molecule has 0 spiro atoms. The maximum absolute atomic E-state index is 12.8. The average molecular weight is 359 g/mol. The fourth-order valence-corrected chi connectivity index (χ4v) is 3.33. The summed E-state index contributed by atoms with van der Waals surface area (Å²) in [6.45, 7) is 0.614. The summed E-state index contributed by atoms with van der Waals surface area (Å²) in [5.74, 6) is -0.779. The summed E-state index contributed by atoms with van der Waals surface area (Å²) < 4.78 is 0. The van der Waals surface area contributed by atoms with Crippen LogP contribution in [0, 0.1) is 0 Å². The molecule has 27 heavy (non-hydrogen) atoms. The van der Waals surface area contributed by atoms with Crippen molar-refractivity contribution in [3.63, 3.8) is 0 Å². The highest BCUT2D eigenvalue weighted by atomic mass is 16.2. The van der Waals surface area contributed by atoms with Gasteiger partial charge in [-0.15, -0.1) is 0 Å². The number of imide groups is 1. The molecule has 0 fully saturated rings. The Hall–Kier alpha value is -3.54. The lowest BCUT2D eigenvalue weighted by Gasteiger charge is -2.27. The minimum absolute atomic E-state index is 0.205. The summed E-state index contributed by atoms with van der Waals surface area (Å²) >= 11 is 0. The molecule has 0 bridgehead atoms. The van der Waals surface area contributed by atoms with Gasteiger partial charge in [0, 0.05) is 47.6 Å². The molecule has 2 aromatic carbocycles. The number of amides is 3. The van der Waals surface area contributed by atoms with Crippen LogP contribution in [0.3, 0.4) is 0 Å². The molecule has 0 atom stereocenters. The van der Waals surface area contributed by atoms with Gasteiger partial charge in [-0.3, -0.25) is 24.3 Å². The lowest BCUT2D eigenvalue weighted by Crippen LogP contribution is -2.41. The van der Waals surface area contributed by atoms with E-state index in [0.29, 0.717) is 29.7 Å². The van der Waals surface area contributed by atoms with Gasteiger partial charge in [0.1, 0.15) is 0 Å². The van der Waals surface area contributed by atoms with Crippen LogP contribution in [0.2, 0.25) is 0 Å². The lowest BCUT2D eigenvalue weighted by molar-refractivity contribution is 0.0609. The normalized spacial score (nSPS) is 13.1. The van der Waals surface area contributed by atoms with Crippen molar-refractivity contribution in [2.45, 2.75) is 6.42 Å². The highest BCUT2D eigenvalue weighted by molar-refractivity contribution is 6.25. The van der Waals surface area contributed by atoms with E-state index in [1.54, 1.807) is 36.7 Å². The Bertz CT molecular complexity index is 996. The first-order valence-electron chi connectivity index (χ1n) is 8.73. The molecule has 1 aliphatic rings. The first-order valence-corrected chi connectivity index (χ1v) is 8.73. The molecule has 4 rings (SSSR count). The Kier molecular flexibility index (Phi) is 4.38. The van der Waals surface area contributed by atoms with Gasteiger partial charge in [-0.1, -0.05) is 24.3 Å². The van der Waals surface area contributed by atoms with Crippen molar-refractivity contribution in [3.05, 3.63) is 77.6 Å². The third kappa shape index (κ3) is 3.06. The van der Waals surface area contributed by atoms with Gasteiger partial charge in [-0.2, -0.15) is 0 Å². The van der Waals surface area contributed by atoms with Gasteiger partial charge in [0.15, 0.2) is 0 Å². The highest BCUT2D eigenvalue weighted by Gasteiger charge is 2.32. The topological polar surface area (TPSA) is 79.4 Å². The van der Waals surface area contributed by atoms with Crippen LogP contribution in [0.25, 0.3) is 10.8 Å². The van der Waals surface area contributed by atoms with E-state index < -0.39 is 0 Å².